The third-order valence-corrected chi connectivity index (χ3v) is 10.2. The Morgan fingerprint density at radius 2 is 2.04 bits per heavy atom. The number of hydrogen-bond acceptors (Lipinski definition) is 3. The molecule has 0 N–H and O–H groups in total. The zero-order valence-corrected chi connectivity index (χ0v) is 18.2. The molecule has 0 aliphatic heterocycles. The second-order valence-corrected chi connectivity index (χ2v) is 13.5. The summed E-state index contributed by atoms with van der Waals surface area (Å²) in [6.07, 6.45) is 4.61. The van der Waals surface area contributed by atoms with E-state index in [-0.39, 0.29) is 5.04 Å². The van der Waals surface area contributed by atoms with Crippen molar-refractivity contribution < 1.29 is 4.43 Å². The molecule has 2 aromatic rings. The van der Waals surface area contributed by atoms with Crippen LogP contribution in [0.5, 0.6) is 0 Å². The quantitative estimate of drug-likeness (QED) is 0.609. The van der Waals surface area contributed by atoms with Crippen LogP contribution in [0.1, 0.15) is 37.6 Å². The van der Waals surface area contributed by atoms with E-state index in [1.54, 1.807) is 0 Å². The van der Waals surface area contributed by atoms with Gasteiger partial charge in [-0.1, -0.05) is 42.8 Å². The Morgan fingerprint density at radius 3 is 2.64 bits per heavy atom. The van der Waals surface area contributed by atoms with Crippen LogP contribution in [-0.4, -0.2) is 24.5 Å². The van der Waals surface area contributed by atoms with Crippen molar-refractivity contribution in [3.8, 4) is 6.07 Å². The third kappa shape index (κ3) is 5.03. The molecule has 4 nitrogen and oxygen atoms in total. The van der Waals surface area contributed by atoms with Gasteiger partial charge in [0, 0.05) is 35.9 Å². The van der Waals surface area contributed by atoms with Crippen LogP contribution in [0.3, 0.4) is 0 Å². The van der Waals surface area contributed by atoms with Crippen molar-refractivity contribution in [3.05, 3.63) is 52.0 Å². The van der Waals surface area contributed by atoms with Gasteiger partial charge in [-0.25, -0.2) is 4.98 Å². The minimum Gasteiger partial charge on any atom is -0.416 e. The molecule has 0 atom stereocenters. The van der Waals surface area contributed by atoms with Crippen molar-refractivity contribution in [3.63, 3.8) is 0 Å². The topological polar surface area (TPSA) is 50.8 Å². The summed E-state index contributed by atoms with van der Waals surface area (Å²) in [5, 5.41) is 9.20. The van der Waals surface area contributed by atoms with Gasteiger partial charge in [0.05, 0.1) is 18.0 Å². The van der Waals surface area contributed by atoms with E-state index in [9.17, 15) is 0 Å². The molecular weight excluding hydrogens is 394 g/mol. The highest BCUT2D eigenvalue weighted by atomic mass is 79.9. The number of nitriles is 1. The predicted molar refractivity (Wildman–Crippen MR) is 107 cm³/mol. The van der Waals surface area contributed by atoms with Crippen LogP contribution in [0.4, 0.5) is 0 Å². The van der Waals surface area contributed by atoms with Gasteiger partial charge in [0.1, 0.15) is 0 Å². The molecule has 1 heterocycles. The molecule has 0 fully saturated rings. The Kier molecular flexibility index (Phi) is 6.25. The fraction of sp³-hybridized carbons (Fsp3) is 0.474. The minimum atomic E-state index is -1.72. The van der Waals surface area contributed by atoms with Crippen molar-refractivity contribution in [1.82, 2.24) is 9.55 Å². The maximum Gasteiger partial charge on any atom is 0.191 e. The van der Waals surface area contributed by atoms with Gasteiger partial charge in [0.15, 0.2) is 8.32 Å². The van der Waals surface area contributed by atoms with Gasteiger partial charge in [0.2, 0.25) is 0 Å². The first-order chi connectivity index (χ1) is 11.6. The van der Waals surface area contributed by atoms with Crippen LogP contribution in [0.2, 0.25) is 18.1 Å². The van der Waals surface area contributed by atoms with E-state index in [1.165, 1.54) is 0 Å². The van der Waals surface area contributed by atoms with Crippen LogP contribution in [0.25, 0.3) is 0 Å². The smallest absolute Gasteiger partial charge is 0.191 e. The minimum absolute atomic E-state index is 0.223. The maximum absolute atomic E-state index is 8.98. The largest absolute Gasteiger partial charge is 0.416 e. The molecule has 0 radical (unpaired) electrons. The zero-order chi connectivity index (χ0) is 18.7. The number of nitrogens with zero attached hydrogens (tertiary/aromatic N) is 3. The molecule has 0 spiro atoms. The highest BCUT2D eigenvalue weighted by Crippen LogP contribution is 2.36. The molecule has 134 valence electrons. The van der Waals surface area contributed by atoms with Crippen molar-refractivity contribution in [2.24, 2.45) is 0 Å². The van der Waals surface area contributed by atoms with Crippen LogP contribution in [0.15, 0.2) is 35.2 Å². The van der Waals surface area contributed by atoms with E-state index in [0.717, 1.165) is 35.3 Å². The SMILES string of the molecule is CC(C)(C)[Si](C)(C)OCCc1cncn1Cc1ccc(C#N)cc1Br. The highest BCUT2D eigenvalue weighted by Gasteiger charge is 2.36. The summed E-state index contributed by atoms with van der Waals surface area (Å²) in [7, 11) is -1.72. The van der Waals surface area contributed by atoms with Crippen LogP contribution in [-0.2, 0) is 17.4 Å². The second kappa shape index (κ2) is 7.86. The van der Waals surface area contributed by atoms with Gasteiger partial charge in [-0.15, -0.1) is 0 Å². The Labute approximate surface area is 160 Å². The molecule has 0 aliphatic rings. The summed E-state index contributed by atoms with van der Waals surface area (Å²) in [6.45, 7) is 12.8. The molecule has 1 aromatic heterocycles. The normalized spacial score (nSPS) is 12.2. The van der Waals surface area contributed by atoms with Gasteiger partial charge >= 0.3 is 0 Å². The van der Waals surface area contributed by atoms with Crippen molar-refractivity contribution in [1.29, 1.82) is 5.26 Å². The Bertz CT molecular complexity index is 772. The lowest BCUT2D eigenvalue weighted by molar-refractivity contribution is 0.289. The van der Waals surface area contributed by atoms with Crippen LogP contribution < -0.4 is 0 Å². The van der Waals surface area contributed by atoms with E-state index in [2.05, 4.69) is 65.4 Å². The van der Waals surface area contributed by atoms with Crippen molar-refractivity contribution in [2.75, 3.05) is 6.61 Å². The van der Waals surface area contributed by atoms with Gasteiger partial charge in [0.25, 0.3) is 0 Å². The molecule has 0 saturated heterocycles. The first-order valence-electron chi connectivity index (χ1n) is 8.45. The summed E-state index contributed by atoms with van der Waals surface area (Å²) in [6, 6.07) is 7.84. The van der Waals surface area contributed by atoms with Crippen LogP contribution >= 0.6 is 15.9 Å². The molecule has 0 unspecified atom stereocenters. The van der Waals surface area contributed by atoms with Crippen molar-refractivity contribution >= 4 is 24.2 Å². The molecule has 0 amide bonds. The molecule has 0 aliphatic carbocycles. The number of rotatable bonds is 6. The molecule has 2 rings (SSSR count). The fourth-order valence-corrected chi connectivity index (χ4v) is 3.80. The van der Waals surface area contributed by atoms with Gasteiger partial charge in [-0.05, 0) is 35.8 Å². The number of hydrogen-bond donors (Lipinski definition) is 0. The first kappa shape index (κ1) is 19.9. The summed E-state index contributed by atoms with van der Waals surface area (Å²) in [5.41, 5.74) is 2.95. The fourth-order valence-electron chi connectivity index (χ4n) is 2.25. The van der Waals surface area contributed by atoms with E-state index >= 15 is 0 Å². The summed E-state index contributed by atoms with van der Waals surface area (Å²) >= 11 is 3.55. The average Bonchev–Trinajstić information content (AvgIpc) is 2.95. The van der Waals surface area contributed by atoms with E-state index < -0.39 is 8.32 Å². The highest BCUT2D eigenvalue weighted by molar-refractivity contribution is 9.10. The van der Waals surface area contributed by atoms with E-state index in [4.69, 9.17) is 9.69 Å². The molecule has 0 saturated carbocycles. The lowest BCUT2D eigenvalue weighted by Crippen LogP contribution is -2.41. The molecule has 1 aromatic carbocycles. The van der Waals surface area contributed by atoms with E-state index in [1.807, 2.05) is 30.7 Å². The molecular formula is C19H26BrN3OSi. The van der Waals surface area contributed by atoms with E-state index in [0.29, 0.717) is 5.56 Å². The van der Waals surface area contributed by atoms with Gasteiger partial charge in [-0.3, -0.25) is 0 Å². The molecule has 0 bridgehead atoms. The summed E-state index contributed by atoms with van der Waals surface area (Å²) in [5.74, 6) is 0. The van der Waals surface area contributed by atoms with Crippen molar-refractivity contribution in [2.45, 2.75) is 51.9 Å². The second-order valence-electron chi connectivity index (χ2n) is 7.79. The number of benzene rings is 1. The molecule has 25 heavy (non-hydrogen) atoms. The lowest BCUT2D eigenvalue weighted by atomic mass is 10.1. The van der Waals surface area contributed by atoms with Gasteiger partial charge in [-0.2, -0.15) is 5.26 Å². The average molecular weight is 420 g/mol. The first-order valence-corrected chi connectivity index (χ1v) is 12.2. The molecule has 6 heteroatoms. The summed E-state index contributed by atoms with van der Waals surface area (Å²) in [4.78, 5) is 4.30. The Hall–Kier alpha value is -1.42. The number of imidazole rings is 1. The lowest BCUT2D eigenvalue weighted by Gasteiger charge is -2.36. The standard InChI is InChI=1S/C19H26BrN3OSi/c1-19(2,3)25(4,5)24-9-8-17-12-22-14-23(17)13-16-7-6-15(11-21)10-18(16)20/h6-7,10,12,14H,8-9,13H2,1-5H3. The maximum atomic E-state index is 8.98. The summed E-state index contributed by atoms with van der Waals surface area (Å²) < 4.78 is 9.37. The predicted octanol–water partition coefficient (Wildman–Crippen LogP) is 5.13. The van der Waals surface area contributed by atoms with Crippen LogP contribution in [0, 0.1) is 11.3 Å². The monoisotopic (exact) mass is 419 g/mol. The Morgan fingerprint density at radius 1 is 1.32 bits per heavy atom. The number of aromatic nitrogens is 2. The Balaban J connectivity index is 2.03. The number of halogens is 1. The zero-order valence-electron chi connectivity index (χ0n) is 15.6. The van der Waals surface area contributed by atoms with Gasteiger partial charge < -0.3 is 8.99 Å². The third-order valence-electron chi connectivity index (χ3n) is 4.95.